The first-order valence-electron chi connectivity index (χ1n) is 3.49. The molecule has 0 amide bonds. The molecule has 11 heavy (non-hydrogen) atoms. The zero-order valence-corrected chi connectivity index (χ0v) is 6.19. The van der Waals surface area contributed by atoms with Gasteiger partial charge in [-0.3, -0.25) is 0 Å². The van der Waals surface area contributed by atoms with Crippen molar-refractivity contribution in [1.82, 2.24) is 0 Å². The minimum Gasteiger partial charge on any atom is -0.330 e. The number of halogens is 3. The second-order valence-electron chi connectivity index (χ2n) is 2.39. The van der Waals surface area contributed by atoms with Gasteiger partial charge in [-0.25, -0.2) is 0 Å². The molecule has 0 radical (unpaired) electrons. The summed E-state index contributed by atoms with van der Waals surface area (Å²) in [4.78, 5) is 0. The van der Waals surface area contributed by atoms with E-state index in [0.29, 0.717) is 0 Å². The van der Waals surface area contributed by atoms with E-state index in [1.165, 1.54) is 0 Å². The zero-order chi connectivity index (χ0) is 8.91. The largest absolute Gasteiger partial charge is 0.391 e. The molecule has 0 aliphatic carbocycles. The predicted molar refractivity (Wildman–Crippen MR) is 36.9 cm³/mol. The van der Waals surface area contributed by atoms with Gasteiger partial charge in [0.15, 0.2) is 0 Å². The normalized spacial score (nSPS) is 12.5. The predicted octanol–water partition coefficient (Wildman–Crippen LogP) is 0.863. The van der Waals surface area contributed by atoms with Gasteiger partial charge in [0, 0.05) is 0 Å². The van der Waals surface area contributed by atoms with E-state index < -0.39 is 12.1 Å². The summed E-state index contributed by atoms with van der Waals surface area (Å²) in [6.45, 7) is 0.119. The molecule has 0 aromatic rings. The molecule has 2 nitrogen and oxygen atoms in total. The molecule has 0 atom stereocenters. The standard InChI is InChI=1S/C6H13F3N2/c7-6(8,9)5(1-3-10)2-4-11/h5H,1-4,10-11H2. The molecule has 0 spiro atoms. The maximum atomic E-state index is 12.0. The Balaban J connectivity index is 3.88. The lowest BCUT2D eigenvalue weighted by Crippen LogP contribution is -2.27. The third kappa shape index (κ3) is 4.21. The first-order valence-corrected chi connectivity index (χ1v) is 3.49. The van der Waals surface area contributed by atoms with Crippen molar-refractivity contribution in [3.8, 4) is 0 Å². The highest BCUT2D eigenvalue weighted by Crippen LogP contribution is 2.30. The number of alkyl halides is 3. The topological polar surface area (TPSA) is 52.0 Å². The Morgan fingerprint density at radius 3 is 1.55 bits per heavy atom. The smallest absolute Gasteiger partial charge is 0.330 e. The van der Waals surface area contributed by atoms with Crippen LogP contribution in [0.3, 0.4) is 0 Å². The van der Waals surface area contributed by atoms with Gasteiger partial charge in [0.1, 0.15) is 0 Å². The molecular weight excluding hydrogens is 157 g/mol. The van der Waals surface area contributed by atoms with Gasteiger partial charge in [-0.15, -0.1) is 0 Å². The number of nitrogens with two attached hydrogens (primary N) is 2. The Morgan fingerprint density at radius 1 is 1.00 bits per heavy atom. The van der Waals surface area contributed by atoms with Crippen LogP contribution in [0.4, 0.5) is 13.2 Å². The van der Waals surface area contributed by atoms with Crippen molar-refractivity contribution < 1.29 is 13.2 Å². The van der Waals surface area contributed by atoms with Crippen LogP contribution in [0.5, 0.6) is 0 Å². The van der Waals surface area contributed by atoms with Gasteiger partial charge in [-0.1, -0.05) is 0 Å². The van der Waals surface area contributed by atoms with Crippen LogP contribution in [-0.2, 0) is 0 Å². The molecule has 0 unspecified atom stereocenters. The fraction of sp³-hybridized carbons (Fsp3) is 1.00. The van der Waals surface area contributed by atoms with Crippen molar-refractivity contribution in [3.63, 3.8) is 0 Å². The van der Waals surface area contributed by atoms with Gasteiger partial charge < -0.3 is 11.5 Å². The lowest BCUT2D eigenvalue weighted by atomic mass is 10.0. The molecule has 0 aromatic carbocycles. The maximum Gasteiger partial charge on any atom is 0.391 e. The Morgan fingerprint density at radius 2 is 1.36 bits per heavy atom. The van der Waals surface area contributed by atoms with Crippen molar-refractivity contribution in [2.75, 3.05) is 13.1 Å². The monoisotopic (exact) mass is 170 g/mol. The number of hydrogen-bond donors (Lipinski definition) is 2. The summed E-state index contributed by atoms with van der Waals surface area (Å²) in [6, 6.07) is 0. The van der Waals surface area contributed by atoms with Crippen LogP contribution in [0.1, 0.15) is 12.8 Å². The SMILES string of the molecule is NCCC(CCN)C(F)(F)F. The lowest BCUT2D eigenvalue weighted by molar-refractivity contribution is -0.176. The highest BCUT2D eigenvalue weighted by molar-refractivity contribution is 4.68. The van der Waals surface area contributed by atoms with Gasteiger partial charge in [-0.05, 0) is 25.9 Å². The fourth-order valence-electron chi connectivity index (χ4n) is 0.874. The van der Waals surface area contributed by atoms with Crippen LogP contribution in [0.25, 0.3) is 0 Å². The first-order chi connectivity index (χ1) is 5.02. The molecule has 0 fully saturated rings. The second-order valence-corrected chi connectivity index (χ2v) is 2.39. The van der Waals surface area contributed by atoms with Gasteiger partial charge >= 0.3 is 6.18 Å². The molecule has 0 aromatic heterocycles. The third-order valence-electron chi connectivity index (χ3n) is 1.49. The van der Waals surface area contributed by atoms with E-state index in [4.69, 9.17) is 11.5 Å². The number of rotatable bonds is 4. The van der Waals surface area contributed by atoms with Gasteiger partial charge in [0.05, 0.1) is 5.92 Å². The van der Waals surface area contributed by atoms with Gasteiger partial charge in [0.2, 0.25) is 0 Å². The Bertz CT molecular complexity index is 96.5. The Labute approximate surface area is 63.7 Å². The summed E-state index contributed by atoms with van der Waals surface area (Å²) in [6.07, 6.45) is -4.19. The van der Waals surface area contributed by atoms with Crippen molar-refractivity contribution in [2.24, 2.45) is 17.4 Å². The van der Waals surface area contributed by atoms with E-state index >= 15 is 0 Å². The first kappa shape index (κ1) is 10.7. The zero-order valence-electron chi connectivity index (χ0n) is 6.19. The summed E-state index contributed by atoms with van der Waals surface area (Å²) in [5.41, 5.74) is 10.0. The molecule has 0 rings (SSSR count). The summed E-state index contributed by atoms with van der Waals surface area (Å²) in [5.74, 6) is -1.32. The van der Waals surface area contributed by atoms with Crippen LogP contribution >= 0.6 is 0 Å². The van der Waals surface area contributed by atoms with Crippen molar-refractivity contribution in [1.29, 1.82) is 0 Å². The molecular formula is C6H13F3N2. The van der Waals surface area contributed by atoms with E-state index in [9.17, 15) is 13.2 Å². The summed E-state index contributed by atoms with van der Waals surface area (Å²) in [5, 5.41) is 0. The van der Waals surface area contributed by atoms with Crippen molar-refractivity contribution in [3.05, 3.63) is 0 Å². The molecule has 5 heteroatoms. The van der Waals surface area contributed by atoms with Gasteiger partial charge in [-0.2, -0.15) is 13.2 Å². The van der Waals surface area contributed by atoms with E-state index in [0.717, 1.165) is 0 Å². The van der Waals surface area contributed by atoms with E-state index in [2.05, 4.69) is 0 Å². The summed E-state index contributed by atoms with van der Waals surface area (Å²) in [7, 11) is 0. The van der Waals surface area contributed by atoms with Crippen molar-refractivity contribution in [2.45, 2.75) is 19.0 Å². The quantitative estimate of drug-likeness (QED) is 0.657. The van der Waals surface area contributed by atoms with E-state index in [1.807, 2.05) is 0 Å². The van der Waals surface area contributed by atoms with Crippen LogP contribution in [0, 0.1) is 5.92 Å². The highest BCUT2D eigenvalue weighted by atomic mass is 19.4. The molecule has 0 saturated heterocycles. The molecule has 0 bridgehead atoms. The molecule has 4 N–H and O–H groups in total. The highest BCUT2D eigenvalue weighted by Gasteiger charge is 2.37. The van der Waals surface area contributed by atoms with Crippen LogP contribution in [-0.4, -0.2) is 19.3 Å². The van der Waals surface area contributed by atoms with Gasteiger partial charge in [0.25, 0.3) is 0 Å². The van der Waals surface area contributed by atoms with Crippen LogP contribution in [0.2, 0.25) is 0 Å². The van der Waals surface area contributed by atoms with E-state index in [1.54, 1.807) is 0 Å². The average Bonchev–Trinajstić information content (AvgIpc) is 1.85. The second kappa shape index (κ2) is 4.56. The molecule has 0 heterocycles. The average molecular weight is 170 g/mol. The maximum absolute atomic E-state index is 12.0. The van der Waals surface area contributed by atoms with Crippen LogP contribution in [0.15, 0.2) is 0 Å². The summed E-state index contributed by atoms with van der Waals surface area (Å²) >= 11 is 0. The van der Waals surface area contributed by atoms with E-state index in [-0.39, 0.29) is 25.9 Å². The Hall–Kier alpha value is -0.290. The molecule has 0 saturated carbocycles. The Kier molecular flexibility index (Phi) is 4.44. The van der Waals surface area contributed by atoms with Crippen molar-refractivity contribution >= 4 is 0 Å². The summed E-state index contributed by atoms with van der Waals surface area (Å²) < 4.78 is 35.9. The lowest BCUT2D eigenvalue weighted by Gasteiger charge is -2.18. The molecule has 0 aliphatic rings. The fourth-order valence-corrected chi connectivity index (χ4v) is 0.874. The minimum absolute atomic E-state index is 0.0271. The third-order valence-corrected chi connectivity index (χ3v) is 1.49. The minimum atomic E-state index is -4.14. The number of hydrogen-bond acceptors (Lipinski definition) is 2. The van der Waals surface area contributed by atoms with Crippen LogP contribution < -0.4 is 11.5 Å². The molecule has 0 aliphatic heterocycles. The molecule has 68 valence electrons.